The minimum atomic E-state index is -3.94. The van der Waals surface area contributed by atoms with Gasteiger partial charge in [0, 0.05) is 18.0 Å². The second kappa shape index (κ2) is 15.7. The normalized spacial score (nSPS) is 14.7. The maximum Gasteiger partial charge on any atom is 0.260 e. The standard InChI is InChI=1S/C35H52N4O6S/c1-23(2)28(21-24(3)31(40)38-46(43,44)22-25-15-13-12-14-16-25)39(10)33(42)30(34(4,5)6)37-32(41)29(36-9)35(7,8)26-17-19-27(45-11)20-18-26/h12-21,23,28-30,36H,22H2,1-11H3,(H,37,41)(H,38,40)/b24-21+/t28-,29-,30?/m1/s1. The number of amides is 3. The van der Waals surface area contributed by atoms with Crippen LogP contribution in [-0.2, 0) is 35.6 Å². The molecule has 0 bridgehead atoms. The van der Waals surface area contributed by atoms with Crippen molar-refractivity contribution in [2.45, 2.75) is 84.7 Å². The Kier molecular flexibility index (Phi) is 13.2. The number of ether oxygens (including phenoxy) is 1. The molecule has 0 saturated heterocycles. The predicted octanol–water partition coefficient (Wildman–Crippen LogP) is 4.17. The maximum atomic E-state index is 14.1. The molecule has 0 aromatic heterocycles. The molecule has 3 N–H and O–H groups in total. The van der Waals surface area contributed by atoms with Crippen molar-refractivity contribution in [3.8, 4) is 5.75 Å². The van der Waals surface area contributed by atoms with E-state index < -0.39 is 44.9 Å². The second-order valence-corrected chi connectivity index (χ2v) is 15.4. The highest BCUT2D eigenvalue weighted by Gasteiger charge is 2.41. The minimum Gasteiger partial charge on any atom is -0.497 e. The summed E-state index contributed by atoms with van der Waals surface area (Å²) in [5.41, 5.74) is 0.327. The molecule has 46 heavy (non-hydrogen) atoms. The summed E-state index contributed by atoms with van der Waals surface area (Å²) in [6.07, 6.45) is 1.60. The van der Waals surface area contributed by atoms with Crippen molar-refractivity contribution in [1.82, 2.24) is 20.3 Å². The number of methoxy groups -OCH3 is 1. The highest BCUT2D eigenvalue weighted by molar-refractivity contribution is 7.89. The molecule has 1 unspecified atom stereocenters. The molecule has 0 fully saturated rings. The third-order valence-electron chi connectivity index (χ3n) is 8.21. The van der Waals surface area contributed by atoms with E-state index in [0.29, 0.717) is 11.3 Å². The van der Waals surface area contributed by atoms with Crippen LogP contribution in [0.1, 0.15) is 66.5 Å². The van der Waals surface area contributed by atoms with Crippen LogP contribution in [0.25, 0.3) is 0 Å². The fourth-order valence-corrected chi connectivity index (χ4v) is 6.51. The average Bonchev–Trinajstić information content (AvgIpc) is 2.97. The number of hydrogen-bond donors (Lipinski definition) is 3. The Balaban J connectivity index is 2.30. The fraction of sp³-hybridized carbons (Fsp3) is 0.514. The zero-order valence-electron chi connectivity index (χ0n) is 29.1. The molecule has 3 atom stereocenters. The first-order valence-electron chi connectivity index (χ1n) is 15.4. The number of nitrogens with one attached hydrogen (secondary N) is 3. The summed E-state index contributed by atoms with van der Waals surface area (Å²) in [6.45, 7) is 14.9. The van der Waals surface area contributed by atoms with Crippen molar-refractivity contribution in [2.24, 2.45) is 11.3 Å². The van der Waals surface area contributed by atoms with Crippen LogP contribution in [0.5, 0.6) is 5.75 Å². The molecule has 2 aromatic carbocycles. The molecule has 11 heteroatoms. The monoisotopic (exact) mass is 656 g/mol. The number of carbonyl (C=O) groups is 3. The largest absolute Gasteiger partial charge is 0.497 e. The molecule has 0 aliphatic heterocycles. The van der Waals surface area contributed by atoms with E-state index in [1.165, 1.54) is 11.8 Å². The Morgan fingerprint density at radius 3 is 1.98 bits per heavy atom. The van der Waals surface area contributed by atoms with Crippen LogP contribution in [0.2, 0.25) is 0 Å². The van der Waals surface area contributed by atoms with Gasteiger partial charge in [0.15, 0.2) is 0 Å². The van der Waals surface area contributed by atoms with E-state index in [-0.39, 0.29) is 29.1 Å². The number of rotatable bonds is 14. The Morgan fingerprint density at radius 2 is 1.50 bits per heavy atom. The Hall–Kier alpha value is -3.70. The van der Waals surface area contributed by atoms with Crippen LogP contribution in [0.15, 0.2) is 66.2 Å². The predicted molar refractivity (Wildman–Crippen MR) is 183 cm³/mol. The lowest BCUT2D eigenvalue weighted by Crippen LogP contribution is -2.61. The van der Waals surface area contributed by atoms with Crippen molar-refractivity contribution in [2.75, 3.05) is 21.2 Å². The van der Waals surface area contributed by atoms with Crippen molar-refractivity contribution < 1.29 is 27.5 Å². The quantitative estimate of drug-likeness (QED) is 0.260. The lowest BCUT2D eigenvalue weighted by Gasteiger charge is -2.40. The number of carbonyl (C=O) groups excluding carboxylic acids is 3. The van der Waals surface area contributed by atoms with Gasteiger partial charge in [-0.3, -0.25) is 14.4 Å². The molecule has 0 radical (unpaired) electrons. The van der Waals surface area contributed by atoms with Crippen molar-refractivity contribution in [3.63, 3.8) is 0 Å². The van der Waals surface area contributed by atoms with E-state index >= 15 is 0 Å². The van der Waals surface area contributed by atoms with Crippen molar-refractivity contribution in [3.05, 3.63) is 77.4 Å². The Labute approximate surface area is 275 Å². The third kappa shape index (κ3) is 10.2. The van der Waals surface area contributed by atoms with E-state index in [9.17, 15) is 22.8 Å². The first kappa shape index (κ1) is 38.5. The lowest BCUT2D eigenvalue weighted by molar-refractivity contribution is -0.140. The molecule has 0 spiro atoms. The van der Waals surface area contributed by atoms with Gasteiger partial charge in [0.2, 0.25) is 21.8 Å². The van der Waals surface area contributed by atoms with E-state index in [2.05, 4.69) is 15.4 Å². The molecule has 0 aliphatic carbocycles. The molecule has 2 rings (SSSR count). The van der Waals surface area contributed by atoms with E-state index in [1.54, 1.807) is 57.6 Å². The molecular weight excluding hydrogens is 604 g/mol. The van der Waals surface area contributed by atoms with Crippen LogP contribution >= 0.6 is 0 Å². The topological polar surface area (TPSA) is 134 Å². The number of likely N-dealkylation sites (N-methyl/N-ethyl adjacent to an activating group) is 2. The zero-order chi connectivity index (χ0) is 35.0. The van der Waals surface area contributed by atoms with E-state index in [4.69, 9.17) is 4.74 Å². The van der Waals surface area contributed by atoms with Crippen molar-refractivity contribution >= 4 is 27.7 Å². The zero-order valence-corrected chi connectivity index (χ0v) is 29.9. The first-order chi connectivity index (χ1) is 21.2. The van der Waals surface area contributed by atoms with Crippen molar-refractivity contribution in [1.29, 1.82) is 0 Å². The van der Waals surface area contributed by atoms with Gasteiger partial charge in [-0.25, -0.2) is 13.1 Å². The molecule has 0 aliphatic rings. The minimum absolute atomic E-state index is 0.131. The summed E-state index contributed by atoms with van der Waals surface area (Å²) >= 11 is 0. The molecule has 0 heterocycles. The summed E-state index contributed by atoms with van der Waals surface area (Å²) in [5.74, 6) is -1.19. The SMILES string of the molecule is CN[C@H](C(=O)NC(C(=O)N(C)[C@H](/C=C(\C)C(=O)NS(=O)(=O)Cc1ccccc1)C(C)C)C(C)(C)C)C(C)(C)c1ccc(OC)cc1. The summed E-state index contributed by atoms with van der Waals surface area (Å²) < 4.78 is 32.8. The molecule has 0 saturated carbocycles. The lowest BCUT2D eigenvalue weighted by atomic mass is 9.76. The van der Waals surface area contributed by atoms with Gasteiger partial charge in [-0.05, 0) is 48.6 Å². The average molecular weight is 657 g/mol. The van der Waals surface area contributed by atoms with Gasteiger partial charge in [-0.2, -0.15) is 0 Å². The second-order valence-electron chi connectivity index (χ2n) is 13.7. The summed E-state index contributed by atoms with van der Waals surface area (Å²) in [7, 11) is 0.989. The molecular formula is C35H52N4O6S. The highest BCUT2D eigenvalue weighted by atomic mass is 32.2. The van der Waals surface area contributed by atoms with E-state index in [0.717, 1.165) is 5.56 Å². The third-order valence-corrected chi connectivity index (χ3v) is 9.42. The van der Waals surface area contributed by atoms with Crippen LogP contribution in [0, 0.1) is 11.3 Å². The van der Waals surface area contributed by atoms with Gasteiger partial charge in [0.1, 0.15) is 11.8 Å². The van der Waals surface area contributed by atoms with Gasteiger partial charge in [-0.15, -0.1) is 0 Å². The molecule has 2 aromatic rings. The van der Waals surface area contributed by atoms with Crippen LogP contribution in [0.4, 0.5) is 0 Å². The number of nitrogens with zero attached hydrogens (tertiary/aromatic N) is 1. The molecule has 3 amide bonds. The van der Waals surface area contributed by atoms with Gasteiger partial charge in [0.05, 0.1) is 24.9 Å². The van der Waals surface area contributed by atoms with Crippen LogP contribution in [-0.4, -0.2) is 70.4 Å². The van der Waals surface area contributed by atoms with Crippen LogP contribution in [0.3, 0.4) is 0 Å². The van der Waals surface area contributed by atoms with Gasteiger partial charge in [-0.1, -0.05) is 97.0 Å². The van der Waals surface area contributed by atoms with E-state index in [1.807, 2.05) is 72.7 Å². The van der Waals surface area contributed by atoms with Crippen LogP contribution < -0.4 is 20.1 Å². The number of benzene rings is 2. The van der Waals surface area contributed by atoms with Gasteiger partial charge < -0.3 is 20.3 Å². The smallest absolute Gasteiger partial charge is 0.260 e. The first-order valence-corrected chi connectivity index (χ1v) is 17.1. The number of sulfonamides is 1. The summed E-state index contributed by atoms with van der Waals surface area (Å²) in [4.78, 5) is 42.4. The molecule has 254 valence electrons. The summed E-state index contributed by atoms with van der Waals surface area (Å²) in [6, 6.07) is 14.0. The highest BCUT2D eigenvalue weighted by Crippen LogP contribution is 2.30. The molecule has 10 nitrogen and oxygen atoms in total. The number of hydrogen-bond acceptors (Lipinski definition) is 7. The van der Waals surface area contributed by atoms with Gasteiger partial charge in [0.25, 0.3) is 5.91 Å². The maximum absolute atomic E-state index is 14.1. The van der Waals surface area contributed by atoms with Gasteiger partial charge >= 0.3 is 0 Å². The Morgan fingerprint density at radius 1 is 0.935 bits per heavy atom. The summed E-state index contributed by atoms with van der Waals surface area (Å²) in [5, 5.41) is 6.15. The Bertz CT molecular complexity index is 1480. The fourth-order valence-electron chi connectivity index (χ4n) is 5.37.